The molecule has 4 nitrogen and oxygen atoms in total. The van der Waals surface area contributed by atoms with Crippen molar-refractivity contribution >= 4 is 55.7 Å². The molecule has 0 fully saturated rings. The number of hydrogen-bond acceptors (Lipinski definition) is 4. The Hall–Kier alpha value is -2.70. The minimum atomic E-state index is -0.361. The minimum Gasteiger partial charge on any atom is -0.495 e. The molecule has 0 radical (unpaired) electrons. The number of carbonyl (C=O) groups is 1. The number of fused-ring (bicyclic) bond motifs is 2. The molecule has 136 valence electrons. The zero-order valence-corrected chi connectivity index (χ0v) is 16.0. The number of ether oxygens (including phenoxy) is 1. The lowest BCUT2D eigenvalue weighted by Crippen LogP contribution is -2.10. The molecule has 0 aliphatic rings. The van der Waals surface area contributed by atoms with Crippen molar-refractivity contribution in [2.45, 2.75) is 6.92 Å². The predicted molar refractivity (Wildman–Crippen MR) is 108 cm³/mol. The predicted octanol–water partition coefficient (Wildman–Crippen LogP) is 5.81. The van der Waals surface area contributed by atoms with Gasteiger partial charge in [-0.1, -0.05) is 17.7 Å². The van der Waals surface area contributed by atoms with Gasteiger partial charge < -0.3 is 10.1 Å². The average Bonchev–Trinajstić information content (AvgIpc) is 3.07. The van der Waals surface area contributed by atoms with Crippen LogP contribution in [0.5, 0.6) is 5.75 Å². The minimum absolute atomic E-state index is 0.311. The summed E-state index contributed by atoms with van der Waals surface area (Å²) in [4.78, 5) is 18.3. The normalized spacial score (nSPS) is 11.1. The Kier molecular flexibility index (Phi) is 4.45. The van der Waals surface area contributed by atoms with Gasteiger partial charge in [-0.05, 0) is 48.9 Å². The van der Waals surface area contributed by atoms with Crippen molar-refractivity contribution in [2.75, 3.05) is 12.4 Å². The highest BCUT2D eigenvalue weighted by molar-refractivity contribution is 7.20. The van der Waals surface area contributed by atoms with Crippen molar-refractivity contribution in [1.82, 2.24) is 4.98 Å². The number of thiophene rings is 1. The molecule has 27 heavy (non-hydrogen) atoms. The van der Waals surface area contributed by atoms with Gasteiger partial charge in [0.05, 0.1) is 17.5 Å². The quantitative estimate of drug-likeness (QED) is 0.472. The maximum absolute atomic E-state index is 13.7. The van der Waals surface area contributed by atoms with E-state index in [4.69, 9.17) is 16.3 Å². The largest absolute Gasteiger partial charge is 0.495 e. The topological polar surface area (TPSA) is 51.2 Å². The SMILES string of the molecule is COc1ccc2cc3cc(C(=O)Nc4ccc(C)c(F)c4)sc3nc2c1Cl. The highest BCUT2D eigenvalue weighted by Crippen LogP contribution is 2.35. The summed E-state index contributed by atoms with van der Waals surface area (Å²) in [6.07, 6.45) is 0. The fraction of sp³-hybridized carbons (Fsp3) is 0.100. The molecule has 1 amide bonds. The molecule has 0 saturated carbocycles. The fourth-order valence-electron chi connectivity index (χ4n) is 2.78. The molecule has 4 aromatic rings. The molecule has 2 aromatic heterocycles. The van der Waals surface area contributed by atoms with Gasteiger partial charge in [-0.15, -0.1) is 11.3 Å². The van der Waals surface area contributed by atoms with Crippen molar-refractivity contribution in [2.24, 2.45) is 0 Å². The summed E-state index contributed by atoms with van der Waals surface area (Å²) in [7, 11) is 1.55. The van der Waals surface area contributed by atoms with E-state index in [1.807, 2.05) is 12.1 Å². The van der Waals surface area contributed by atoms with E-state index in [1.54, 1.807) is 38.3 Å². The van der Waals surface area contributed by atoms with Crippen LogP contribution in [-0.2, 0) is 0 Å². The average molecular weight is 401 g/mol. The summed E-state index contributed by atoms with van der Waals surface area (Å²) in [5, 5.41) is 4.85. The second kappa shape index (κ2) is 6.79. The molecule has 4 rings (SSSR count). The number of hydrogen-bond donors (Lipinski definition) is 1. The van der Waals surface area contributed by atoms with Gasteiger partial charge in [0, 0.05) is 16.5 Å². The highest BCUT2D eigenvalue weighted by Gasteiger charge is 2.15. The first-order chi connectivity index (χ1) is 13.0. The van der Waals surface area contributed by atoms with E-state index >= 15 is 0 Å². The van der Waals surface area contributed by atoms with E-state index in [2.05, 4.69) is 10.3 Å². The van der Waals surface area contributed by atoms with E-state index < -0.39 is 0 Å². The van der Waals surface area contributed by atoms with Crippen LogP contribution in [0.1, 0.15) is 15.2 Å². The molecule has 0 aliphatic carbocycles. The Morgan fingerprint density at radius 3 is 2.74 bits per heavy atom. The number of methoxy groups -OCH3 is 1. The van der Waals surface area contributed by atoms with E-state index in [1.165, 1.54) is 17.4 Å². The molecule has 0 aliphatic heterocycles. The van der Waals surface area contributed by atoms with Gasteiger partial charge in [0.2, 0.25) is 0 Å². The lowest BCUT2D eigenvalue weighted by Gasteiger charge is -2.05. The van der Waals surface area contributed by atoms with Crippen LogP contribution in [-0.4, -0.2) is 18.0 Å². The summed E-state index contributed by atoms with van der Waals surface area (Å²) < 4.78 is 18.9. The molecule has 7 heteroatoms. The van der Waals surface area contributed by atoms with Gasteiger partial charge in [0.1, 0.15) is 21.4 Å². The molecule has 2 aromatic carbocycles. The number of nitrogens with zero attached hydrogens (tertiary/aromatic N) is 1. The van der Waals surface area contributed by atoms with Gasteiger partial charge in [-0.25, -0.2) is 9.37 Å². The molecule has 2 heterocycles. The number of benzene rings is 2. The Labute approximate surface area is 163 Å². The molecule has 0 spiro atoms. The third-order valence-corrected chi connectivity index (χ3v) is 5.66. The van der Waals surface area contributed by atoms with Crippen LogP contribution in [0.15, 0.2) is 42.5 Å². The van der Waals surface area contributed by atoms with Gasteiger partial charge in [-0.3, -0.25) is 4.79 Å². The molecule has 1 N–H and O–H groups in total. The van der Waals surface area contributed by atoms with Crippen LogP contribution >= 0.6 is 22.9 Å². The number of carbonyl (C=O) groups excluding carboxylic acids is 1. The number of pyridine rings is 1. The van der Waals surface area contributed by atoms with Crippen molar-refractivity contribution < 1.29 is 13.9 Å². The molecule has 0 unspecified atom stereocenters. The lowest BCUT2D eigenvalue weighted by atomic mass is 10.2. The molecule has 0 saturated heterocycles. The maximum Gasteiger partial charge on any atom is 0.265 e. The second-order valence-electron chi connectivity index (χ2n) is 6.07. The Bertz CT molecular complexity index is 1210. The van der Waals surface area contributed by atoms with Gasteiger partial charge in [-0.2, -0.15) is 0 Å². The number of aryl methyl sites for hydroxylation is 1. The second-order valence-corrected chi connectivity index (χ2v) is 7.47. The number of anilines is 1. The highest BCUT2D eigenvalue weighted by atomic mass is 35.5. The number of rotatable bonds is 3. The molecular weight excluding hydrogens is 387 g/mol. The van der Waals surface area contributed by atoms with Gasteiger partial charge >= 0.3 is 0 Å². The fourth-order valence-corrected chi connectivity index (χ4v) is 3.98. The van der Waals surface area contributed by atoms with Crippen LogP contribution in [0.4, 0.5) is 10.1 Å². The van der Waals surface area contributed by atoms with E-state index in [0.717, 1.165) is 10.8 Å². The number of aromatic nitrogens is 1. The van der Waals surface area contributed by atoms with Crippen molar-refractivity contribution in [3.05, 3.63) is 63.7 Å². The van der Waals surface area contributed by atoms with E-state index in [-0.39, 0.29) is 11.7 Å². The maximum atomic E-state index is 13.7. The first-order valence-electron chi connectivity index (χ1n) is 8.10. The standard InChI is InChI=1S/C20H14ClFN2O2S/c1-10-3-5-13(9-14(10)22)23-19(25)16-8-12-7-11-4-6-15(26-2)17(21)18(11)24-20(12)27-16/h3-9H,1-2H3,(H,23,25). The monoisotopic (exact) mass is 400 g/mol. The Balaban J connectivity index is 1.71. The smallest absolute Gasteiger partial charge is 0.265 e. The first-order valence-corrected chi connectivity index (χ1v) is 9.30. The molecular formula is C20H14ClFN2O2S. The van der Waals surface area contributed by atoms with Crippen molar-refractivity contribution in [3.63, 3.8) is 0 Å². The summed E-state index contributed by atoms with van der Waals surface area (Å²) >= 11 is 7.60. The summed E-state index contributed by atoms with van der Waals surface area (Å²) in [5.41, 5.74) is 1.56. The summed E-state index contributed by atoms with van der Waals surface area (Å²) in [5.74, 6) is -0.124. The van der Waals surface area contributed by atoms with Crippen molar-refractivity contribution in [1.29, 1.82) is 0 Å². The first kappa shape index (κ1) is 17.7. The summed E-state index contributed by atoms with van der Waals surface area (Å²) in [6, 6.07) is 12.0. The van der Waals surface area contributed by atoms with Crippen LogP contribution in [0.25, 0.3) is 21.1 Å². The zero-order valence-electron chi connectivity index (χ0n) is 14.5. The van der Waals surface area contributed by atoms with E-state index in [9.17, 15) is 9.18 Å². The Morgan fingerprint density at radius 1 is 1.19 bits per heavy atom. The third kappa shape index (κ3) is 3.22. The summed E-state index contributed by atoms with van der Waals surface area (Å²) in [6.45, 7) is 1.67. The third-order valence-electron chi connectivity index (χ3n) is 4.25. The van der Waals surface area contributed by atoms with Crippen LogP contribution < -0.4 is 10.1 Å². The number of halogens is 2. The lowest BCUT2D eigenvalue weighted by molar-refractivity contribution is 0.103. The number of nitrogens with one attached hydrogen (secondary N) is 1. The van der Waals surface area contributed by atoms with Crippen molar-refractivity contribution in [3.8, 4) is 5.75 Å². The van der Waals surface area contributed by atoms with Crippen LogP contribution in [0.2, 0.25) is 5.02 Å². The molecule has 0 bridgehead atoms. The van der Waals surface area contributed by atoms with Gasteiger partial charge in [0.15, 0.2) is 0 Å². The zero-order chi connectivity index (χ0) is 19.1. The number of amides is 1. The van der Waals surface area contributed by atoms with Crippen LogP contribution in [0, 0.1) is 12.7 Å². The van der Waals surface area contributed by atoms with E-state index in [0.29, 0.717) is 37.2 Å². The Morgan fingerprint density at radius 2 is 2.00 bits per heavy atom. The van der Waals surface area contributed by atoms with Gasteiger partial charge in [0.25, 0.3) is 5.91 Å². The molecule has 0 atom stereocenters. The van der Waals surface area contributed by atoms with Crippen LogP contribution in [0.3, 0.4) is 0 Å².